The molecular formula is C23H39N5O2S. The van der Waals surface area contributed by atoms with Crippen molar-refractivity contribution < 1.29 is 9.53 Å². The van der Waals surface area contributed by atoms with Crippen molar-refractivity contribution in [1.82, 2.24) is 19.7 Å². The summed E-state index contributed by atoms with van der Waals surface area (Å²) in [6, 6.07) is 0.389. The molecule has 4 rings (SSSR count). The second-order valence-corrected chi connectivity index (χ2v) is 10.8. The Labute approximate surface area is 191 Å². The van der Waals surface area contributed by atoms with Gasteiger partial charge in [-0.15, -0.1) is 10.2 Å². The summed E-state index contributed by atoms with van der Waals surface area (Å²) in [6.45, 7) is 8.31. The summed E-state index contributed by atoms with van der Waals surface area (Å²) < 4.78 is 8.13. The van der Waals surface area contributed by atoms with Gasteiger partial charge in [-0.3, -0.25) is 9.36 Å². The van der Waals surface area contributed by atoms with E-state index in [1.165, 1.54) is 37.4 Å². The quantitative estimate of drug-likeness (QED) is 0.590. The predicted molar refractivity (Wildman–Crippen MR) is 125 cm³/mol. The fraction of sp³-hybridized carbons (Fsp3) is 0.870. The zero-order valence-electron chi connectivity index (χ0n) is 19.5. The van der Waals surface area contributed by atoms with Gasteiger partial charge in [0.2, 0.25) is 11.9 Å². The molecule has 3 heterocycles. The smallest absolute Gasteiger partial charge is 0.233 e. The third-order valence-electron chi connectivity index (χ3n) is 7.43. The highest BCUT2D eigenvalue weighted by molar-refractivity contribution is 7.99. The molecule has 2 aliphatic heterocycles. The first-order valence-corrected chi connectivity index (χ1v) is 13.2. The van der Waals surface area contributed by atoms with Crippen LogP contribution in [0.15, 0.2) is 5.16 Å². The van der Waals surface area contributed by atoms with Crippen molar-refractivity contribution in [3.05, 3.63) is 0 Å². The normalized spacial score (nSPS) is 27.6. The summed E-state index contributed by atoms with van der Waals surface area (Å²) in [5.74, 6) is 3.14. The van der Waals surface area contributed by atoms with Crippen molar-refractivity contribution in [2.75, 3.05) is 37.4 Å². The number of aromatic nitrogens is 3. The molecule has 3 fully saturated rings. The molecule has 0 spiro atoms. The van der Waals surface area contributed by atoms with Gasteiger partial charge in [-0.2, -0.15) is 0 Å². The van der Waals surface area contributed by atoms with Crippen molar-refractivity contribution in [2.45, 2.75) is 89.1 Å². The first-order valence-electron chi connectivity index (χ1n) is 12.2. The SMILES string of the molecule is CC1CCC(N(C)C(=O)CSc2nnc(N3CCC(C)CC3)n2CC2CCCO2)CC1. The Morgan fingerprint density at radius 3 is 2.45 bits per heavy atom. The first kappa shape index (κ1) is 22.9. The number of nitrogens with zero attached hydrogens (tertiary/aromatic N) is 5. The summed E-state index contributed by atoms with van der Waals surface area (Å²) in [5, 5.41) is 9.93. The van der Waals surface area contributed by atoms with E-state index >= 15 is 0 Å². The zero-order valence-corrected chi connectivity index (χ0v) is 20.3. The topological polar surface area (TPSA) is 63.5 Å². The maximum absolute atomic E-state index is 12.9. The van der Waals surface area contributed by atoms with Gasteiger partial charge < -0.3 is 14.5 Å². The van der Waals surface area contributed by atoms with E-state index in [0.29, 0.717) is 11.8 Å². The minimum absolute atomic E-state index is 0.199. The van der Waals surface area contributed by atoms with Crippen LogP contribution >= 0.6 is 11.8 Å². The van der Waals surface area contributed by atoms with E-state index in [1.54, 1.807) is 0 Å². The van der Waals surface area contributed by atoms with Crippen molar-refractivity contribution in [3.63, 3.8) is 0 Å². The lowest BCUT2D eigenvalue weighted by atomic mass is 9.87. The van der Waals surface area contributed by atoms with E-state index in [1.807, 2.05) is 11.9 Å². The number of hydrogen-bond donors (Lipinski definition) is 0. The number of thioether (sulfide) groups is 1. The molecule has 0 bridgehead atoms. The molecular weight excluding hydrogens is 410 g/mol. The van der Waals surface area contributed by atoms with Crippen LogP contribution < -0.4 is 4.90 Å². The molecule has 1 amide bonds. The van der Waals surface area contributed by atoms with Gasteiger partial charge in [0, 0.05) is 32.8 Å². The molecule has 31 heavy (non-hydrogen) atoms. The largest absolute Gasteiger partial charge is 0.376 e. The van der Waals surface area contributed by atoms with Gasteiger partial charge in [0.1, 0.15) is 0 Å². The number of piperidine rings is 1. The van der Waals surface area contributed by atoms with Crippen LogP contribution in [0.5, 0.6) is 0 Å². The molecule has 1 unspecified atom stereocenters. The van der Waals surface area contributed by atoms with Crippen LogP contribution in [0.25, 0.3) is 0 Å². The fourth-order valence-electron chi connectivity index (χ4n) is 5.04. The Morgan fingerprint density at radius 1 is 1.06 bits per heavy atom. The standard InChI is InChI=1S/C23H39N5O2S/c1-17-6-8-19(9-7-17)26(3)21(29)16-31-23-25-24-22(27-12-10-18(2)11-13-27)28(23)15-20-5-4-14-30-20/h17-20H,4-16H2,1-3H3. The molecule has 1 atom stereocenters. The van der Waals surface area contributed by atoms with Crippen molar-refractivity contribution in [3.8, 4) is 0 Å². The molecule has 1 aromatic rings. The predicted octanol–water partition coefficient (Wildman–Crippen LogP) is 3.82. The van der Waals surface area contributed by atoms with Crippen molar-refractivity contribution in [1.29, 1.82) is 0 Å². The Bertz CT molecular complexity index is 720. The number of carbonyl (C=O) groups excluding carboxylic acids is 1. The molecule has 174 valence electrons. The summed E-state index contributed by atoms with van der Waals surface area (Å²) in [7, 11) is 1.97. The van der Waals surface area contributed by atoms with Gasteiger partial charge in [0.15, 0.2) is 5.16 Å². The van der Waals surface area contributed by atoms with E-state index < -0.39 is 0 Å². The number of anilines is 1. The maximum Gasteiger partial charge on any atom is 0.233 e. The summed E-state index contributed by atoms with van der Waals surface area (Å²) in [6.07, 6.45) is 9.51. The third kappa shape index (κ3) is 5.75. The molecule has 7 nitrogen and oxygen atoms in total. The van der Waals surface area contributed by atoms with E-state index in [2.05, 4.69) is 33.5 Å². The molecule has 1 aliphatic carbocycles. The molecule has 1 aromatic heterocycles. The van der Waals surface area contributed by atoms with Gasteiger partial charge in [-0.1, -0.05) is 25.6 Å². The van der Waals surface area contributed by atoms with Crippen LogP contribution in [-0.4, -0.2) is 70.2 Å². The van der Waals surface area contributed by atoms with Crippen LogP contribution in [0.4, 0.5) is 5.95 Å². The number of ether oxygens (including phenoxy) is 1. The second-order valence-electron chi connectivity index (χ2n) is 9.90. The fourth-order valence-corrected chi connectivity index (χ4v) is 5.91. The van der Waals surface area contributed by atoms with E-state index in [4.69, 9.17) is 4.74 Å². The van der Waals surface area contributed by atoms with Crippen LogP contribution in [0.3, 0.4) is 0 Å². The van der Waals surface area contributed by atoms with Gasteiger partial charge in [-0.05, 0) is 63.2 Å². The van der Waals surface area contributed by atoms with Crippen molar-refractivity contribution >= 4 is 23.6 Å². The van der Waals surface area contributed by atoms with Gasteiger partial charge in [-0.25, -0.2) is 0 Å². The lowest BCUT2D eigenvalue weighted by Gasteiger charge is -2.33. The van der Waals surface area contributed by atoms with Crippen LogP contribution in [0, 0.1) is 11.8 Å². The summed E-state index contributed by atoms with van der Waals surface area (Å²) >= 11 is 1.53. The Balaban J connectivity index is 1.41. The molecule has 0 N–H and O–H groups in total. The molecule has 2 saturated heterocycles. The molecule has 8 heteroatoms. The monoisotopic (exact) mass is 449 g/mol. The Kier molecular flexibility index (Phi) is 7.80. The summed E-state index contributed by atoms with van der Waals surface area (Å²) in [4.78, 5) is 17.3. The lowest BCUT2D eigenvalue weighted by molar-refractivity contribution is -0.129. The summed E-state index contributed by atoms with van der Waals surface area (Å²) in [5.41, 5.74) is 0. The number of hydrogen-bond acceptors (Lipinski definition) is 6. The Morgan fingerprint density at radius 2 is 1.77 bits per heavy atom. The maximum atomic E-state index is 12.9. The molecule has 0 radical (unpaired) electrons. The highest BCUT2D eigenvalue weighted by Gasteiger charge is 2.28. The van der Waals surface area contributed by atoms with Gasteiger partial charge in [0.25, 0.3) is 0 Å². The minimum atomic E-state index is 0.199. The second kappa shape index (κ2) is 10.6. The van der Waals surface area contributed by atoms with Crippen LogP contribution in [-0.2, 0) is 16.1 Å². The minimum Gasteiger partial charge on any atom is -0.376 e. The van der Waals surface area contributed by atoms with E-state index in [-0.39, 0.29) is 12.0 Å². The zero-order chi connectivity index (χ0) is 21.8. The van der Waals surface area contributed by atoms with E-state index in [0.717, 1.165) is 74.9 Å². The molecule has 3 aliphatic rings. The number of amides is 1. The van der Waals surface area contributed by atoms with Gasteiger partial charge >= 0.3 is 0 Å². The van der Waals surface area contributed by atoms with E-state index in [9.17, 15) is 4.79 Å². The number of carbonyl (C=O) groups is 1. The average Bonchev–Trinajstić information content (AvgIpc) is 3.43. The van der Waals surface area contributed by atoms with Crippen LogP contribution in [0.1, 0.15) is 65.2 Å². The molecule has 0 aromatic carbocycles. The lowest BCUT2D eigenvalue weighted by Crippen LogP contribution is -2.40. The molecule has 1 saturated carbocycles. The van der Waals surface area contributed by atoms with Crippen LogP contribution in [0.2, 0.25) is 0 Å². The third-order valence-corrected chi connectivity index (χ3v) is 8.38. The highest BCUT2D eigenvalue weighted by Crippen LogP contribution is 2.30. The van der Waals surface area contributed by atoms with Crippen molar-refractivity contribution in [2.24, 2.45) is 11.8 Å². The first-order chi connectivity index (χ1) is 15.0. The average molecular weight is 450 g/mol. The highest BCUT2D eigenvalue weighted by atomic mass is 32.2. The van der Waals surface area contributed by atoms with Gasteiger partial charge in [0.05, 0.1) is 18.4 Å². The number of rotatable bonds is 7. The Hall–Kier alpha value is -1.28.